The summed E-state index contributed by atoms with van der Waals surface area (Å²) < 4.78 is 26.5. The van der Waals surface area contributed by atoms with Crippen molar-refractivity contribution in [1.82, 2.24) is 9.62 Å². The molecule has 2 aromatic carbocycles. The molecule has 1 N–H and O–H groups in total. The molecule has 1 fully saturated rings. The van der Waals surface area contributed by atoms with Gasteiger partial charge in [0.05, 0.1) is 12.3 Å². The van der Waals surface area contributed by atoms with Crippen LogP contribution in [0.4, 0.5) is 0 Å². The van der Waals surface area contributed by atoms with Crippen molar-refractivity contribution < 1.29 is 13.2 Å². The molecular weight excluding hydrogens is 384 g/mol. The summed E-state index contributed by atoms with van der Waals surface area (Å²) in [5, 5.41) is 0. The summed E-state index contributed by atoms with van der Waals surface area (Å²) in [4.78, 5) is 14.8. The Bertz CT molecular complexity index is 944. The molecule has 1 heterocycles. The number of amides is 1. The number of nitrogens with zero attached hydrogens (tertiary/aromatic N) is 1. The number of likely N-dealkylation sites (tertiary alicyclic amines) is 1. The third-order valence-corrected chi connectivity index (χ3v) is 6.44. The Hall–Kier alpha value is -2.18. The van der Waals surface area contributed by atoms with Crippen LogP contribution in [0.5, 0.6) is 0 Å². The van der Waals surface area contributed by atoms with Gasteiger partial charge in [0.2, 0.25) is 15.9 Å². The predicted octanol–water partition coefficient (Wildman–Crippen LogP) is 3.46. The highest BCUT2D eigenvalue weighted by atomic mass is 32.2. The molecule has 3 unspecified atom stereocenters. The molecule has 0 saturated carbocycles. The normalized spacial score (nSPS) is 20.6. The van der Waals surface area contributed by atoms with Crippen LogP contribution in [-0.2, 0) is 21.2 Å². The molecule has 2 aromatic rings. The number of benzene rings is 2. The van der Waals surface area contributed by atoms with Crippen molar-refractivity contribution in [3.05, 3.63) is 60.2 Å². The number of carbonyl (C=O) groups excluding carboxylic acids is 1. The Morgan fingerprint density at radius 1 is 1.14 bits per heavy atom. The summed E-state index contributed by atoms with van der Waals surface area (Å²) in [7, 11) is -3.35. The zero-order chi connectivity index (χ0) is 21.0. The molecular formula is C23H30N2O3S. The Morgan fingerprint density at radius 3 is 2.48 bits per heavy atom. The highest BCUT2D eigenvalue weighted by Crippen LogP contribution is 2.27. The summed E-state index contributed by atoms with van der Waals surface area (Å²) in [6.07, 6.45) is 3.21. The zero-order valence-electron chi connectivity index (χ0n) is 17.3. The second-order valence-electron chi connectivity index (χ2n) is 7.96. The molecule has 5 nitrogen and oxygen atoms in total. The van der Waals surface area contributed by atoms with Crippen molar-refractivity contribution in [2.24, 2.45) is 5.92 Å². The molecule has 0 spiro atoms. The van der Waals surface area contributed by atoms with Gasteiger partial charge >= 0.3 is 0 Å². The molecule has 0 aliphatic carbocycles. The summed E-state index contributed by atoms with van der Waals surface area (Å²) in [5.74, 6) is 0.0413. The summed E-state index contributed by atoms with van der Waals surface area (Å²) in [6, 6.07) is 18.0. The van der Waals surface area contributed by atoms with Gasteiger partial charge in [-0.25, -0.2) is 13.1 Å². The average molecular weight is 415 g/mol. The highest BCUT2D eigenvalue weighted by molar-refractivity contribution is 7.88. The monoisotopic (exact) mass is 414 g/mol. The number of hydrogen-bond acceptors (Lipinski definition) is 3. The van der Waals surface area contributed by atoms with Crippen molar-refractivity contribution in [3.63, 3.8) is 0 Å². The van der Waals surface area contributed by atoms with Gasteiger partial charge in [-0.3, -0.25) is 4.79 Å². The first-order valence-electron chi connectivity index (χ1n) is 10.2. The minimum absolute atomic E-state index is 0.0647. The van der Waals surface area contributed by atoms with Crippen molar-refractivity contribution in [3.8, 4) is 11.1 Å². The third kappa shape index (κ3) is 5.46. The molecule has 0 radical (unpaired) electrons. The highest BCUT2D eigenvalue weighted by Gasteiger charge is 2.39. The lowest BCUT2D eigenvalue weighted by Crippen LogP contribution is -2.48. The zero-order valence-corrected chi connectivity index (χ0v) is 18.2. The van der Waals surface area contributed by atoms with E-state index in [0.717, 1.165) is 23.1 Å². The van der Waals surface area contributed by atoms with Crippen LogP contribution in [0.1, 0.15) is 32.3 Å². The summed E-state index contributed by atoms with van der Waals surface area (Å²) in [6.45, 7) is 4.52. The number of nitrogens with one attached hydrogen (secondary N) is 1. The van der Waals surface area contributed by atoms with E-state index in [1.165, 1.54) is 6.26 Å². The van der Waals surface area contributed by atoms with Gasteiger partial charge in [-0.05, 0) is 36.0 Å². The molecule has 156 valence electrons. The van der Waals surface area contributed by atoms with Crippen LogP contribution in [0.3, 0.4) is 0 Å². The van der Waals surface area contributed by atoms with Gasteiger partial charge in [-0.1, -0.05) is 68.4 Å². The van der Waals surface area contributed by atoms with E-state index in [4.69, 9.17) is 0 Å². The van der Waals surface area contributed by atoms with Crippen molar-refractivity contribution >= 4 is 15.9 Å². The maximum Gasteiger partial charge on any atom is 0.225 e. The van der Waals surface area contributed by atoms with Gasteiger partial charge in [0.25, 0.3) is 0 Å². The van der Waals surface area contributed by atoms with Crippen LogP contribution in [0.25, 0.3) is 11.1 Å². The molecule has 0 aromatic heterocycles. The fourth-order valence-electron chi connectivity index (χ4n) is 4.00. The number of hydrogen-bond donors (Lipinski definition) is 1. The Morgan fingerprint density at radius 2 is 1.83 bits per heavy atom. The van der Waals surface area contributed by atoms with Crippen molar-refractivity contribution in [2.45, 2.75) is 45.2 Å². The van der Waals surface area contributed by atoms with Crippen LogP contribution < -0.4 is 4.72 Å². The van der Waals surface area contributed by atoms with E-state index in [1.54, 1.807) is 0 Å². The van der Waals surface area contributed by atoms with Crippen LogP contribution in [0.2, 0.25) is 0 Å². The number of sulfonamides is 1. The van der Waals surface area contributed by atoms with E-state index in [0.29, 0.717) is 19.4 Å². The smallest absolute Gasteiger partial charge is 0.225 e. The van der Waals surface area contributed by atoms with Gasteiger partial charge in [0.1, 0.15) is 0 Å². The van der Waals surface area contributed by atoms with E-state index in [-0.39, 0.29) is 23.9 Å². The number of carbonyl (C=O) groups is 1. The predicted molar refractivity (Wildman–Crippen MR) is 117 cm³/mol. The molecule has 1 aliphatic heterocycles. The van der Waals surface area contributed by atoms with E-state index in [9.17, 15) is 13.2 Å². The third-order valence-electron chi connectivity index (χ3n) is 5.71. The molecule has 1 saturated heterocycles. The van der Waals surface area contributed by atoms with Crippen molar-refractivity contribution in [1.29, 1.82) is 0 Å². The Labute approximate surface area is 174 Å². The lowest BCUT2D eigenvalue weighted by atomic mass is 9.96. The van der Waals surface area contributed by atoms with Gasteiger partial charge in [-0.15, -0.1) is 0 Å². The largest absolute Gasteiger partial charge is 0.337 e. The maximum absolute atomic E-state index is 12.9. The quantitative estimate of drug-likeness (QED) is 0.754. The fraction of sp³-hybridized carbons (Fsp3) is 0.435. The van der Waals surface area contributed by atoms with E-state index >= 15 is 0 Å². The maximum atomic E-state index is 12.9. The van der Waals surface area contributed by atoms with Gasteiger partial charge in [0.15, 0.2) is 0 Å². The lowest BCUT2D eigenvalue weighted by molar-refractivity contribution is -0.136. The second kappa shape index (κ2) is 9.09. The van der Waals surface area contributed by atoms with E-state index < -0.39 is 10.0 Å². The molecule has 3 atom stereocenters. The first-order valence-corrected chi connectivity index (χ1v) is 12.1. The summed E-state index contributed by atoms with van der Waals surface area (Å²) in [5.41, 5.74) is 3.35. The lowest BCUT2D eigenvalue weighted by Gasteiger charge is -2.30. The first-order chi connectivity index (χ1) is 13.8. The minimum Gasteiger partial charge on any atom is -0.337 e. The molecule has 0 bridgehead atoms. The van der Waals surface area contributed by atoms with Crippen molar-refractivity contribution in [2.75, 3.05) is 12.8 Å². The molecule has 29 heavy (non-hydrogen) atoms. The SMILES string of the molecule is CCC(C)C(=O)N1CCC(NS(C)(=O)=O)C1Cc1cccc(-c2ccccc2)c1. The van der Waals surface area contributed by atoms with Gasteiger partial charge in [-0.2, -0.15) is 0 Å². The van der Waals surface area contributed by atoms with Crippen LogP contribution in [0, 0.1) is 5.92 Å². The molecule has 1 aliphatic rings. The van der Waals surface area contributed by atoms with Gasteiger partial charge < -0.3 is 4.90 Å². The number of rotatable bonds is 7. The topological polar surface area (TPSA) is 66.5 Å². The molecule has 6 heteroatoms. The standard InChI is InChI=1S/C23H30N2O3S/c1-4-17(2)23(26)25-14-13-21(24-29(3,27)28)22(25)16-18-9-8-12-20(15-18)19-10-6-5-7-11-19/h5-12,15,17,21-22,24H,4,13-14,16H2,1-3H3. The molecule has 3 rings (SSSR count). The second-order valence-corrected chi connectivity index (χ2v) is 9.74. The van der Waals surface area contributed by atoms with E-state index in [1.807, 2.05) is 49.1 Å². The van der Waals surface area contributed by atoms with Gasteiger partial charge in [0, 0.05) is 18.5 Å². The van der Waals surface area contributed by atoms with Crippen LogP contribution in [-0.4, -0.2) is 44.1 Å². The Balaban J connectivity index is 1.88. The minimum atomic E-state index is -3.35. The molecule has 1 amide bonds. The van der Waals surface area contributed by atoms with Crippen LogP contribution >= 0.6 is 0 Å². The summed E-state index contributed by atoms with van der Waals surface area (Å²) >= 11 is 0. The fourth-order valence-corrected chi connectivity index (χ4v) is 4.82. The van der Waals surface area contributed by atoms with Crippen LogP contribution in [0.15, 0.2) is 54.6 Å². The Kier molecular flexibility index (Phi) is 6.75. The van der Waals surface area contributed by atoms with E-state index in [2.05, 4.69) is 29.0 Å². The average Bonchev–Trinajstić information content (AvgIpc) is 3.08. The first kappa shape index (κ1) is 21.5.